The van der Waals surface area contributed by atoms with Crippen LogP contribution in [0.2, 0.25) is 0 Å². The number of benzene rings is 1. The molecule has 7 nitrogen and oxygen atoms in total. The molecule has 4 atom stereocenters. The smallest absolute Gasteiger partial charge is 0.242 e. The van der Waals surface area contributed by atoms with Gasteiger partial charge in [0.1, 0.15) is 6.04 Å². The quantitative estimate of drug-likeness (QED) is 0.823. The number of carbonyl (C=O) groups excluding carboxylic acids is 2. The fourth-order valence-corrected chi connectivity index (χ4v) is 5.56. The van der Waals surface area contributed by atoms with Gasteiger partial charge in [-0.15, -0.1) is 0 Å². The molecule has 2 amide bonds. The Morgan fingerprint density at radius 3 is 2.66 bits per heavy atom. The molecule has 156 valence electrons. The first-order chi connectivity index (χ1) is 14.2. The van der Waals surface area contributed by atoms with Gasteiger partial charge in [0.25, 0.3) is 0 Å². The second-order valence-electron chi connectivity index (χ2n) is 8.65. The number of carbonyl (C=O) groups is 2. The van der Waals surface area contributed by atoms with Gasteiger partial charge in [0.15, 0.2) is 0 Å². The van der Waals surface area contributed by atoms with Crippen LogP contribution < -0.4 is 5.43 Å². The van der Waals surface area contributed by atoms with Crippen molar-refractivity contribution in [2.75, 3.05) is 32.8 Å². The largest absolute Gasteiger partial charge is 0.378 e. The van der Waals surface area contributed by atoms with Crippen molar-refractivity contribution in [1.29, 1.82) is 0 Å². The molecule has 3 aliphatic heterocycles. The minimum absolute atomic E-state index is 0.000392. The molecule has 3 saturated heterocycles. The van der Waals surface area contributed by atoms with E-state index in [9.17, 15) is 9.59 Å². The second kappa shape index (κ2) is 8.05. The summed E-state index contributed by atoms with van der Waals surface area (Å²) in [7, 11) is 0. The molecular formula is C22H30N4O3. The average molecular weight is 399 g/mol. The minimum Gasteiger partial charge on any atom is -0.378 e. The van der Waals surface area contributed by atoms with Crippen LogP contribution in [0.25, 0.3) is 0 Å². The lowest BCUT2D eigenvalue weighted by Gasteiger charge is -2.52. The normalized spacial score (nSPS) is 32.8. The van der Waals surface area contributed by atoms with Crippen LogP contribution in [0.4, 0.5) is 0 Å². The summed E-state index contributed by atoms with van der Waals surface area (Å²) in [6.45, 7) is 4.11. The third-order valence-electron chi connectivity index (χ3n) is 7.02. The van der Waals surface area contributed by atoms with Crippen molar-refractivity contribution < 1.29 is 14.3 Å². The van der Waals surface area contributed by atoms with Gasteiger partial charge in [0.05, 0.1) is 13.2 Å². The number of hydrogen-bond acceptors (Lipinski definition) is 5. The molecule has 4 aliphatic rings. The SMILES string of the molecule is O=C(C1CCC2C(C1)N(Cc1ccccc1)C(=O)C1CCNN12)N1CCOCC1. The number of hydrogen-bond donors (Lipinski definition) is 1. The zero-order valence-electron chi connectivity index (χ0n) is 16.8. The molecule has 1 saturated carbocycles. The van der Waals surface area contributed by atoms with Crippen LogP contribution in [-0.4, -0.2) is 77.6 Å². The van der Waals surface area contributed by atoms with Crippen molar-refractivity contribution >= 4 is 11.8 Å². The summed E-state index contributed by atoms with van der Waals surface area (Å²) in [6.07, 6.45) is 3.47. The van der Waals surface area contributed by atoms with Gasteiger partial charge in [-0.05, 0) is 31.2 Å². The van der Waals surface area contributed by atoms with E-state index >= 15 is 0 Å². The molecule has 1 aliphatic carbocycles. The standard InChI is InChI=1S/C22H30N4O3/c27-21(24-10-12-29-13-11-24)17-6-7-18-20(14-17)25(15-16-4-2-1-3-5-16)22(28)19-8-9-23-26(18)19/h1-5,17-20,23H,6-15H2. The number of hydrazine groups is 1. The zero-order valence-corrected chi connectivity index (χ0v) is 16.8. The van der Waals surface area contributed by atoms with Crippen LogP contribution in [-0.2, 0) is 20.9 Å². The highest BCUT2D eigenvalue weighted by atomic mass is 16.5. The molecule has 29 heavy (non-hydrogen) atoms. The molecule has 4 unspecified atom stereocenters. The molecule has 7 heteroatoms. The Labute approximate surface area is 171 Å². The lowest BCUT2D eigenvalue weighted by atomic mass is 9.78. The average Bonchev–Trinajstić information content (AvgIpc) is 3.27. The Morgan fingerprint density at radius 2 is 1.86 bits per heavy atom. The third-order valence-corrected chi connectivity index (χ3v) is 7.02. The number of nitrogens with zero attached hydrogens (tertiary/aromatic N) is 3. The molecule has 0 spiro atoms. The van der Waals surface area contributed by atoms with Gasteiger partial charge in [-0.3, -0.25) is 15.0 Å². The molecule has 0 bridgehead atoms. The molecule has 1 aromatic carbocycles. The molecule has 0 radical (unpaired) electrons. The van der Waals surface area contributed by atoms with E-state index in [2.05, 4.69) is 27.5 Å². The molecular weight excluding hydrogens is 368 g/mol. The van der Waals surface area contributed by atoms with Crippen molar-refractivity contribution in [3.8, 4) is 0 Å². The topological polar surface area (TPSA) is 65.1 Å². The molecule has 5 rings (SSSR count). The van der Waals surface area contributed by atoms with E-state index in [-0.39, 0.29) is 35.9 Å². The molecule has 0 aromatic heterocycles. The highest BCUT2D eigenvalue weighted by Crippen LogP contribution is 2.38. The fraction of sp³-hybridized carbons (Fsp3) is 0.636. The number of rotatable bonds is 3. The Morgan fingerprint density at radius 1 is 1.07 bits per heavy atom. The summed E-state index contributed by atoms with van der Waals surface area (Å²) in [5.74, 6) is 0.453. The van der Waals surface area contributed by atoms with Crippen LogP contribution in [0, 0.1) is 5.92 Å². The number of ether oxygens (including phenoxy) is 1. The van der Waals surface area contributed by atoms with Crippen molar-refractivity contribution in [3.05, 3.63) is 35.9 Å². The van der Waals surface area contributed by atoms with Crippen molar-refractivity contribution in [2.45, 2.75) is 50.4 Å². The van der Waals surface area contributed by atoms with E-state index in [0.717, 1.165) is 37.8 Å². The maximum Gasteiger partial charge on any atom is 0.242 e. The van der Waals surface area contributed by atoms with Gasteiger partial charge in [0, 0.05) is 44.2 Å². The van der Waals surface area contributed by atoms with E-state index in [1.807, 2.05) is 23.1 Å². The Hall–Kier alpha value is -1.96. The minimum atomic E-state index is -0.0635. The lowest BCUT2D eigenvalue weighted by molar-refractivity contribution is -0.159. The third kappa shape index (κ3) is 3.56. The van der Waals surface area contributed by atoms with Crippen LogP contribution in [0.5, 0.6) is 0 Å². The van der Waals surface area contributed by atoms with Gasteiger partial charge in [-0.25, -0.2) is 5.01 Å². The van der Waals surface area contributed by atoms with E-state index in [4.69, 9.17) is 4.74 Å². The van der Waals surface area contributed by atoms with Gasteiger partial charge in [-0.2, -0.15) is 0 Å². The van der Waals surface area contributed by atoms with E-state index in [1.54, 1.807) is 0 Å². The van der Waals surface area contributed by atoms with Crippen LogP contribution in [0.1, 0.15) is 31.2 Å². The monoisotopic (exact) mass is 398 g/mol. The first-order valence-electron chi connectivity index (χ1n) is 10.9. The number of morpholine rings is 1. The summed E-state index contributed by atoms with van der Waals surface area (Å²) >= 11 is 0. The Balaban J connectivity index is 1.38. The number of piperazine rings is 1. The van der Waals surface area contributed by atoms with Crippen LogP contribution >= 0.6 is 0 Å². The maximum absolute atomic E-state index is 13.4. The summed E-state index contributed by atoms with van der Waals surface area (Å²) in [5, 5.41) is 2.21. The van der Waals surface area contributed by atoms with Gasteiger partial charge in [-0.1, -0.05) is 30.3 Å². The van der Waals surface area contributed by atoms with Crippen molar-refractivity contribution in [2.24, 2.45) is 5.92 Å². The highest BCUT2D eigenvalue weighted by molar-refractivity contribution is 5.84. The first kappa shape index (κ1) is 19.0. The lowest BCUT2D eigenvalue weighted by Crippen LogP contribution is -2.68. The molecule has 4 fully saturated rings. The van der Waals surface area contributed by atoms with Crippen molar-refractivity contribution in [1.82, 2.24) is 20.2 Å². The second-order valence-corrected chi connectivity index (χ2v) is 8.65. The number of fused-ring (bicyclic) bond motifs is 3. The van der Waals surface area contributed by atoms with Crippen LogP contribution in [0.15, 0.2) is 30.3 Å². The maximum atomic E-state index is 13.4. The van der Waals surface area contributed by atoms with Crippen LogP contribution in [0.3, 0.4) is 0 Å². The summed E-state index contributed by atoms with van der Waals surface area (Å²) < 4.78 is 5.41. The fourth-order valence-electron chi connectivity index (χ4n) is 5.56. The Kier molecular flexibility index (Phi) is 5.28. The summed E-state index contributed by atoms with van der Waals surface area (Å²) in [4.78, 5) is 30.5. The number of nitrogens with one attached hydrogen (secondary N) is 1. The predicted octanol–water partition coefficient (Wildman–Crippen LogP) is 1.00. The molecule has 1 aromatic rings. The summed E-state index contributed by atoms with van der Waals surface area (Å²) in [6, 6.07) is 10.5. The van der Waals surface area contributed by atoms with Crippen molar-refractivity contribution in [3.63, 3.8) is 0 Å². The highest BCUT2D eigenvalue weighted by Gasteiger charge is 2.51. The first-order valence-corrected chi connectivity index (χ1v) is 10.9. The van der Waals surface area contributed by atoms with Gasteiger partial charge < -0.3 is 14.5 Å². The molecule has 1 N–H and O–H groups in total. The number of amides is 2. The van der Waals surface area contributed by atoms with Gasteiger partial charge >= 0.3 is 0 Å². The Bertz CT molecular complexity index is 752. The predicted molar refractivity (Wildman–Crippen MR) is 108 cm³/mol. The molecule has 3 heterocycles. The van der Waals surface area contributed by atoms with E-state index in [0.29, 0.717) is 32.8 Å². The van der Waals surface area contributed by atoms with E-state index < -0.39 is 0 Å². The zero-order chi connectivity index (χ0) is 19.8. The van der Waals surface area contributed by atoms with E-state index in [1.165, 1.54) is 0 Å². The summed E-state index contributed by atoms with van der Waals surface area (Å²) in [5.41, 5.74) is 4.61. The van der Waals surface area contributed by atoms with Gasteiger partial charge in [0.2, 0.25) is 11.8 Å².